The minimum atomic E-state index is -0.516. The van der Waals surface area contributed by atoms with Crippen LogP contribution in [0.2, 0.25) is 0 Å². The molecule has 1 heterocycles. The molecule has 1 rings (SSSR count). The molecule has 1 aromatic rings. The molecule has 0 aliphatic carbocycles. The van der Waals surface area contributed by atoms with E-state index in [1.54, 1.807) is 32.4 Å². The molecule has 0 spiro atoms. The van der Waals surface area contributed by atoms with Crippen molar-refractivity contribution >= 4 is 11.8 Å². The van der Waals surface area contributed by atoms with Crippen LogP contribution in [-0.4, -0.2) is 29.8 Å². The summed E-state index contributed by atoms with van der Waals surface area (Å²) in [6, 6.07) is 3.05. The molecule has 88 valence electrons. The summed E-state index contributed by atoms with van der Waals surface area (Å²) in [4.78, 5) is 24.1. The van der Waals surface area contributed by atoms with Crippen LogP contribution in [-0.2, 0) is 16.1 Å². The molecule has 1 aromatic heterocycles. The molecule has 0 saturated heterocycles. The summed E-state index contributed by atoms with van der Waals surface area (Å²) in [7, 11) is 1.67. The highest BCUT2D eigenvalue weighted by atomic mass is 16.3. The highest BCUT2D eigenvalue weighted by Gasteiger charge is 2.18. The molecule has 5 nitrogen and oxygen atoms in total. The number of hydrogen-bond acceptors (Lipinski definition) is 3. The predicted molar refractivity (Wildman–Crippen MR) is 58.5 cm³/mol. The number of carbonyl (C=O) groups excluding carboxylic acids is 2. The van der Waals surface area contributed by atoms with Gasteiger partial charge in [0.15, 0.2) is 0 Å². The van der Waals surface area contributed by atoms with Crippen molar-refractivity contribution in [3.05, 3.63) is 24.2 Å². The number of hydrogen-bond donors (Lipinski definition) is 1. The zero-order valence-corrected chi connectivity index (χ0v) is 9.69. The molecule has 0 aliphatic heterocycles. The van der Waals surface area contributed by atoms with Gasteiger partial charge in [0, 0.05) is 14.0 Å². The van der Waals surface area contributed by atoms with E-state index in [4.69, 9.17) is 4.42 Å². The fraction of sp³-hybridized carbons (Fsp3) is 0.455. The van der Waals surface area contributed by atoms with E-state index in [1.807, 2.05) is 0 Å². The van der Waals surface area contributed by atoms with Crippen LogP contribution in [0.4, 0.5) is 0 Å². The molecule has 1 N–H and O–H groups in total. The summed E-state index contributed by atoms with van der Waals surface area (Å²) in [6.45, 7) is 3.44. The third-order valence-corrected chi connectivity index (χ3v) is 2.14. The lowest BCUT2D eigenvalue weighted by Crippen LogP contribution is -2.44. The predicted octanol–water partition coefficient (Wildman–Crippen LogP) is 0.763. The average Bonchev–Trinajstić information content (AvgIpc) is 2.68. The van der Waals surface area contributed by atoms with Crippen molar-refractivity contribution in [2.75, 3.05) is 7.05 Å². The third kappa shape index (κ3) is 3.42. The third-order valence-electron chi connectivity index (χ3n) is 2.14. The van der Waals surface area contributed by atoms with Crippen LogP contribution in [0.1, 0.15) is 19.6 Å². The Balaban J connectivity index is 2.50. The first-order valence-corrected chi connectivity index (χ1v) is 5.05. The molecule has 5 heteroatoms. The zero-order chi connectivity index (χ0) is 12.1. The summed E-state index contributed by atoms with van der Waals surface area (Å²) in [6.07, 6.45) is 1.56. The topological polar surface area (TPSA) is 62.6 Å². The first-order chi connectivity index (χ1) is 7.50. The van der Waals surface area contributed by atoms with Crippen LogP contribution in [0.5, 0.6) is 0 Å². The van der Waals surface area contributed by atoms with E-state index in [-0.39, 0.29) is 11.8 Å². The van der Waals surface area contributed by atoms with Gasteiger partial charge in [-0.05, 0) is 19.1 Å². The fourth-order valence-electron chi connectivity index (χ4n) is 1.41. The minimum absolute atomic E-state index is 0.147. The highest BCUT2D eigenvalue weighted by Crippen LogP contribution is 2.04. The number of carbonyl (C=O) groups is 2. The fourth-order valence-corrected chi connectivity index (χ4v) is 1.41. The second kappa shape index (κ2) is 5.34. The summed E-state index contributed by atoms with van der Waals surface area (Å²) >= 11 is 0. The van der Waals surface area contributed by atoms with E-state index < -0.39 is 6.04 Å². The maximum absolute atomic E-state index is 11.8. The first kappa shape index (κ1) is 12.3. The van der Waals surface area contributed by atoms with Gasteiger partial charge in [-0.3, -0.25) is 9.59 Å². The maximum Gasteiger partial charge on any atom is 0.245 e. The molecule has 1 atom stereocenters. The second-order valence-electron chi connectivity index (χ2n) is 3.70. The Kier molecular flexibility index (Phi) is 4.10. The first-order valence-electron chi connectivity index (χ1n) is 5.05. The van der Waals surface area contributed by atoms with Crippen molar-refractivity contribution < 1.29 is 14.0 Å². The molecule has 0 aromatic carbocycles. The lowest BCUT2D eigenvalue weighted by Gasteiger charge is -2.20. The van der Waals surface area contributed by atoms with Gasteiger partial charge in [0.05, 0.1) is 12.8 Å². The van der Waals surface area contributed by atoms with Gasteiger partial charge >= 0.3 is 0 Å². The smallest absolute Gasteiger partial charge is 0.245 e. The molecular weight excluding hydrogens is 208 g/mol. The van der Waals surface area contributed by atoms with Crippen LogP contribution < -0.4 is 5.32 Å². The van der Waals surface area contributed by atoms with E-state index in [2.05, 4.69) is 5.32 Å². The number of rotatable bonds is 4. The van der Waals surface area contributed by atoms with Crippen molar-refractivity contribution in [3.8, 4) is 0 Å². The maximum atomic E-state index is 11.8. The summed E-state index contributed by atoms with van der Waals surface area (Å²) < 4.78 is 5.13. The molecule has 16 heavy (non-hydrogen) atoms. The van der Waals surface area contributed by atoms with Crippen molar-refractivity contribution in [1.29, 1.82) is 0 Å². The van der Waals surface area contributed by atoms with Gasteiger partial charge in [0.1, 0.15) is 11.8 Å². The molecule has 0 saturated carbocycles. The Labute approximate surface area is 94.4 Å². The number of nitrogens with one attached hydrogen (secondary N) is 1. The average molecular weight is 224 g/mol. The van der Waals surface area contributed by atoms with E-state index in [0.29, 0.717) is 12.3 Å². The number of nitrogens with zero attached hydrogens (tertiary/aromatic N) is 1. The van der Waals surface area contributed by atoms with Gasteiger partial charge in [-0.25, -0.2) is 0 Å². The standard InChI is InChI=1S/C11H16N2O3/c1-8(12-9(2)14)11(15)13(3)7-10-5-4-6-16-10/h4-6,8H,7H2,1-3H3,(H,12,14). The Morgan fingerprint density at radius 2 is 2.25 bits per heavy atom. The Bertz CT molecular complexity index is 359. The van der Waals surface area contributed by atoms with Crippen LogP contribution >= 0.6 is 0 Å². The monoisotopic (exact) mass is 224 g/mol. The van der Waals surface area contributed by atoms with Gasteiger partial charge in [0.2, 0.25) is 11.8 Å². The number of furan rings is 1. The molecule has 1 unspecified atom stereocenters. The SMILES string of the molecule is CC(=O)NC(C)C(=O)N(C)Cc1ccco1. The van der Waals surface area contributed by atoms with Crippen LogP contribution in [0.25, 0.3) is 0 Å². The second-order valence-corrected chi connectivity index (χ2v) is 3.70. The molecule has 0 aliphatic rings. The Morgan fingerprint density at radius 1 is 1.56 bits per heavy atom. The van der Waals surface area contributed by atoms with Gasteiger partial charge in [-0.2, -0.15) is 0 Å². The molecule has 0 fully saturated rings. The highest BCUT2D eigenvalue weighted by molar-refractivity contribution is 5.86. The van der Waals surface area contributed by atoms with Crippen molar-refractivity contribution in [2.45, 2.75) is 26.4 Å². The number of amides is 2. The summed E-state index contributed by atoms with van der Waals surface area (Å²) in [5, 5.41) is 2.54. The Morgan fingerprint density at radius 3 is 2.75 bits per heavy atom. The zero-order valence-electron chi connectivity index (χ0n) is 9.69. The van der Waals surface area contributed by atoms with Crippen LogP contribution in [0.3, 0.4) is 0 Å². The Hall–Kier alpha value is -1.78. The lowest BCUT2D eigenvalue weighted by atomic mass is 10.3. The molecule has 2 amide bonds. The van der Waals surface area contributed by atoms with Crippen molar-refractivity contribution in [3.63, 3.8) is 0 Å². The van der Waals surface area contributed by atoms with Crippen LogP contribution in [0, 0.1) is 0 Å². The van der Waals surface area contributed by atoms with E-state index in [0.717, 1.165) is 0 Å². The molecular formula is C11H16N2O3. The summed E-state index contributed by atoms with van der Waals surface area (Å²) in [5.74, 6) is 0.352. The van der Waals surface area contributed by atoms with Crippen LogP contribution in [0.15, 0.2) is 22.8 Å². The quantitative estimate of drug-likeness (QED) is 0.821. The van der Waals surface area contributed by atoms with Gasteiger partial charge in [-0.1, -0.05) is 0 Å². The van der Waals surface area contributed by atoms with E-state index in [1.165, 1.54) is 11.8 Å². The van der Waals surface area contributed by atoms with Gasteiger partial charge in [0.25, 0.3) is 0 Å². The molecule has 0 radical (unpaired) electrons. The van der Waals surface area contributed by atoms with Gasteiger partial charge < -0.3 is 14.6 Å². The largest absolute Gasteiger partial charge is 0.467 e. The summed E-state index contributed by atoms with van der Waals surface area (Å²) in [5.41, 5.74) is 0. The van der Waals surface area contributed by atoms with Gasteiger partial charge in [-0.15, -0.1) is 0 Å². The molecule has 0 bridgehead atoms. The van der Waals surface area contributed by atoms with Crippen molar-refractivity contribution in [2.24, 2.45) is 0 Å². The minimum Gasteiger partial charge on any atom is -0.467 e. The van der Waals surface area contributed by atoms with E-state index in [9.17, 15) is 9.59 Å². The number of likely N-dealkylation sites (N-methyl/N-ethyl adjacent to an activating group) is 1. The lowest BCUT2D eigenvalue weighted by molar-refractivity contribution is -0.135. The van der Waals surface area contributed by atoms with E-state index >= 15 is 0 Å². The normalized spacial score (nSPS) is 11.9. The van der Waals surface area contributed by atoms with Crippen molar-refractivity contribution in [1.82, 2.24) is 10.2 Å².